The molecule has 0 amide bonds. The second-order valence-electron chi connectivity index (χ2n) is 15.6. The number of fused-ring (bicyclic) bond motifs is 3. The molecule has 6 aromatic carbocycles. The average Bonchev–Trinajstić information content (AvgIpc) is 3.35. The van der Waals surface area contributed by atoms with Crippen LogP contribution in [0.3, 0.4) is 0 Å². The molecule has 51 heavy (non-hydrogen) atoms. The molecule has 0 aromatic heterocycles. The van der Waals surface area contributed by atoms with Crippen molar-refractivity contribution in [2.45, 2.75) is 72.0 Å². The van der Waals surface area contributed by atoms with E-state index in [1.165, 1.54) is 55.6 Å². The van der Waals surface area contributed by atoms with Crippen molar-refractivity contribution in [2.75, 3.05) is 4.90 Å². The second-order valence-corrected chi connectivity index (χ2v) is 15.6. The van der Waals surface area contributed by atoms with Gasteiger partial charge < -0.3 is 14.7 Å². The zero-order chi connectivity index (χ0) is 36.1. The molecular weight excluding hydrogens is 621 g/mol. The summed E-state index contributed by atoms with van der Waals surface area (Å²) in [6.45, 7) is 16.4. The third-order valence-corrected chi connectivity index (χ3v) is 11.2. The molecule has 0 spiro atoms. The van der Waals surface area contributed by atoms with Gasteiger partial charge in [0.15, 0.2) is 0 Å². The van der Waals surface area contributed by atoms with Gasteiger partial charge in [-0.1, -0.05) is 116 Å². The fraction of sp³-hybridized carbons (Fsp3) is 0.234. The first kappa shape index (κ1) is 34.5. The zero-order valence-corrected chi connectivity index (χ0v) is 31.2. The Morgan fingerprint density at radius 2 is 1.10 bits per heavy atom. The molecule has 3 nitrogen and oxygen atoms in total. The van der Waals surface area contributed by atoms with E-state index < -0.39 is 11.2 Å². The van der Waals surface area contributed by atoms with Crippen LogP contribution in [0.2, 0.25) is 0 Å². The van der Waals surface area contributed by atoms with Crippen molar-refractivity contribution >= 4 is 30.0 Å². The van der Waals surface area contributed by atoms with E-state index in [2.05, 4.69) is 166 Å². The van der Waals surface area contributed by atoms with Crippen molar-refractivity contribution in [3.8, 4) is 33.4 Å². The highest BCUT2D eigenvalue weighted by Crippen LogP contribution is 2.50. The van der Waals surface area contributed by atoms with Gasteiger partial charge in [0.1, 0.15) is 0 Å². The summed E-state index contributed by atoms with van der Waals surface area (Å²) in [6, 6.07) is 48.7. The summed E-state index contributed by atoms with van der Waals surface area (Å²) in [5, 5.41) is 10.6. The van der Waals surface area contributed by atoms with Crippen molar-refractivity contribution in [1.82, 2.24) is 0 Å². The van der Waals surface area contributed by atoms with Crippen LogP contribution in [0.25, 0.3) is 33.4 Å². The number of rotatable bonds is 9. The lowest BCUT2D eigenvalue weighted by molar-refractivity contribution is -0.0893. The lowest BCUT2D eigenvalue weighted by Gasteiger charge is -2.37. The van der Waals surface area contributed by atoms with Crippen molar-refractivity contribution in [3.05, 3.63) is 156 Å². The summed E-state index contributed by atoms with van der Waals surface area (Å²) in [7, 11) is 0.448. The highest BCUT2D eigenvalue weighted by Gasteiger charge is 2.37. The fourth-order valence-electron chi connectivity index (χ4n) is 7.28. The molecule has 0 aliphatic heterocycles. The van der Waals surface area contributed by atoms with Crippen molar-refractivity contribution < 1.29 is 9.76 Å². The number of benzene rings is 6. The minimum Gasteiger partial charge on any atom is -0.427 e. The van der Waals surface area contributed by atoms with E-state index in [9.17, 15) is 5.11 Å². The van der Waals surface area contributed by atoms with Gasteiger partial charge in [-0.15, -0.1) is 0 Å². The van der Waals surface area contributed by atoms with Crippen LogP contribution in [-0.2, 0) is 10.1 Å². The molecule has 7 rings (SSSR count). The van der Waals surface area contributed by atoms with Crippen LogP contribution in [0, 0.1) is 13.8 Å². The van der Waals surface area contributed by atoms with E-state index in [0.29, 0.717) is 7.48 Å². The number of nitrogens with zero attached hydrogens (tertiary/aromatic N) is 1. The smallest absolute Gasteiger partial charge is 0.309 e. The fourth-order valence-corrected chi connectivity index (χ4v) is 7.28. The van der Waals surface area contributed by atoms with E-state index in [4.69, 9.17) is 4.65 Å². The van der Waals surface area contributed by atoms with Crippen LogP contribution in [0.5, 0.6) is 0 Å². The minimum atomic E-state index is -0.948. The molecule has 0 saturated carbocycles. The Kier molecular flexibility index (Phi) is 8.82. The number of aliphatic hydroxyl groups is 1. The largest absolute Gasteiger partial charge is 0.427 e. The maximum Gasteiger partial charge on any atom is 0.309 e. The summed E-state index contributed by atoms with van der Waals surface area (Å²) < 4.78 is 6.22. The Morgan fingerprint density at radius 1 is 0.549 bits per heavy atom. The molecule has 0 unspecified atom stereocenters. The molecule has 256 valence electrons. The number of aryl methyl sites for hydroxylation is 2. The molecule has 4 heteroatoms. The van der Waals surface area contributed by atoms with E-state index in [0.717, 1.165) is 22.5 Å². The van der Waals surface area contributed by atoms with Crippen molar-refractivity contribution in [3.63, 3.8) is 0 Å². The van der Waals surface area contributed by atoms with Gasteiger partial charge in [-0.2, -0.15) is 0 Å². The summed E-state index contributed by atoms with van der Waals surface area (Å²) in [6.07, 6.45) is 0. The summed E-state index contributed by atoms with van der Waals surface area (Å²) in [5.41, 5.74) is 15.3. The first-order valence-corrected chi connectivity index (χ1v) is 18.0. The predicted octanol–water partition coefficient (Wildman–Crippen LogP) is 11.0. The Morgan fingerprint density at radius 3 is 1.75 bits per heavy atom. The molecule has 0 saturated heterocycles. The number of anilines is 3. The number of hydrogen-bond acceptors (Lipinski definition) is 3. The molecule has 0 atom stereocenters. The molecule has 6 aromatic rings. The van der Waals surface area contributed by atoms with Crippen LogP contribution < -0.4 is 10.4 Å². The molecule has 1 aliphatic rings. The van der Waals surface area contributed by atoms with Crippen LogP contribution in [0.4, 0.5) is 17.1 Å². The molecule has 1 aliphatic carbocycles. The number of hydrogen-bond donors (Lipinski definition) is 1. The van der Waals surface area contributed by atoms with Gasteiger partial charge in [0.2, 0.25) is 0 Å². The monoisotopic (exact) mass is 669 g/mol. The normalized spacial score (nSPS) is 13.4. The Labute approximate surface area is 304 Å². The lowest BCUT2D eigenvalue weighted by atomic mass is 9.78. The standard InChI is InChI=1S/C47H48BNO2/c1-31-29-44(48-51-47(7,8)46(5,6)50)32(2)28-41(31)35-20-24-37(25-21-35)49(36-22-18-34(19-23-36)33-14-10-9-11-15-33)38-26-27-40-39-16-12-13-17-42(39)45(3,4)43(40)30-38/h9-30,48,50H,1-8H3. The van der Waals surface area contributed by atoms with E-state index in [-0.39, 0.29) is 5.41 Å². The topological polar surface area (TPSA) is 32.7 Å². The quantitative estimate of drug-likeness (QED) is 0.156. The molecular formula is C47H48BNO2. The predicted molar refractivity (Wildman–Crippen MR) is 217 cm³/mol. The first-order chi connectivity index (χ1) is 24.2. The summed E-state index contributed by atoms with van der Waals surface area (Å²) >= 11 is 0. The average molecular weight is 670 g/mol. The van der Waals surface area contributed by atoms with Gasteiger partial charge in [-0.3, -0.25) is 0 Å². The summed E-state index contributed by atoms with van der Waals surface area (Å²) in [5.74, 6) is 0. The van der Waals surface area contributed by atoms with E-state index in [1.54, 1.807) is 13.8 Å². The molecule has 0 heterocycles. The van der Waals surface area contributed by atoms with E-state index >= 15 is 0 Å². The van der Waals surface area contributed by atoms with Crippen LogP contribution >= 0.6 is 0 Å². The van der Waals surface area contributed by atoms with E-state index in [1.807, 2.05) is 13.8 Å². The van der Waals surface area contributed by atoms with Gasteiger partial charge in [0.05, 0.1) is 11.2 Å². The SMILES string of the molecule is Cc1cc(-c2ccc(N(c3ccc(-c4ccccc4)cc3)c3ccc4c(c3)C(C)(C)c3ccccc3-4)cc2)c(C)cc1BOC(C)(C)C(C)(C)O. The minimum absolute atomic E-state index is 0.0920. The maximum atomic E-state index is 10.6. The molecule has 0 radical (unpaired) electrons. The van der Waals surface area contributed by atoms with Gasteiger partial charge in [0.25, 0.3) is 0 Å². The molecule has 0 fully saturated rings. The van der Waals surface area contributed by atoms with Gasteiger partial charge in [-0.05, 0) is 133 Å². The summed E-state index contributed by atoms with van der Waals surface area (Å²) in [4.78, 5) is 2.38. The highest BCUT2D eigenvalue weighted by molar-refractivity contribution is 6.47. The second kappa shape index (κ2) is 13.0. The lowest BCUT2D eigenvalue weighted by Crippen LogP contribution is -2.49. The van der Waals surface area contributed by atoms with Crippen LogP contribution in [0.15, 0.2) is 133 Å². The molecule has 0 bridgehead atoms. The molecule has 1 N–H and O–H groups in total. The van der Waals surface area contributed by atoms with Gasteiger partial charge in [0, 0.05) is 22.5 Å². The Bertz CT molecular complexity index is 2190. The Hall–Kier alpha value is -4.90. The van der Waals surface area contributed by atoms with Crippen molar-refractivity contribution in [2.24, 2.45) is 0 Å². The highest BCUT2D eigenvalue weighted by atomic mass is 16.5. The first-order valence-electron chi connectivity index (χ1n) is 18.0. The van der Waals surface area contributed by atoms with Crippen molar-refractivity contribution in [1.29, 1.82) is 0 Å². The third kappa shape index (κ3) is 6.44. The van der Waals surface area contributed by atoms with Crippen LogP contribution in [0.1, 0.15) is 63.8 Å². The Balaban J connectivity index is 1.25. The zero-order valence-electron chi connectivity index (χ0n) is 31.2. The van der Waals surface area contributed by atoms with Gasteiger partial charge in [-0.25, -0.2) is 0 Å². The van der Waals surface area contributed by atoms with Crippen LogP contribution in [-0.4, -0.2) is 23.8 Å². The third-order valence-electron chi connectivity index (χ3n) is 11.2. The maximum absolute atomic E-state index is 10.6. The van der Waals surface area contributed by atoms with Gasteiger partial charge >= 0.3 is 7.48 Å².